The van der Waals surface area contributed by atoms with E-state index in [4.69, 9.17) is 0 Å². The van der Waals surface area contributed by atoms with Gasteiger partial charge in [0.15, 0.2) is 11.6 Å². The third-order valence-electron chi connectivity index (χ3n) is 3.72. The molecule has 110 valence electrons. The molecule has 1 saturated carbocycles. The van der Waals surface area contributed by atoms with E-state index in [1.165, 1.54) is 25.5 Å². The molecule has 1 aliphatic carbocycles. The Bertz CT molecular complexity index is 582. The maximum Gasteiger partial charge on any atom is 0.229 e. The maximum absolute atomic E-state index is 13.8. The molecule has 2 N–H and O–H groups in total. The predicted octanol–water partition coefficient (Wildman–Crippen LogP) is 4.10. The zero-order chi connectivity index (χ0) is 14.5. The normalized spacial score (nSPS) is 15.7. The molecule has 0 atom stereocenters. The highest BCUT2D eigenvalue weighted by atomic mass is 19.1. The van der Waals surface area contributed by atoms with Crippen molar-refractivity contribution in [2.24, 2.45) is 0 Å². The van der Waals surface area contributed by atoms with Gasteiger partial charge in [0.25, 0.3) is 0 Å². The highest BCUT2D eigenvalue weighted by Crippen LogP contribution is 2.23. The first-order valence-corrected chi connectivity index (χ1v) is 7.42. The minimum atomic E-state index is -0.404. The van der Waals surface area contributed by atoms with E-state index in [0.29, 0.717) is 12.0 Å². The number of benzene rings is 1. The first kappa shape index (κ1) is 13.8. The molecule has 1 aromatic heterocycles. The number of rotatable bonds is 4. The van der Waals surface area contributed by atoms with Crippen molar-refractivity contribution in [3.8, 4) is 0 Å². The summed E-state index contributed by atoms with van der Waals surface area (Å²) < 4.78 is 13.8. The Morgan fingerprint density at radius 2 is 1.81 bits per heavy atom. The average molecular weight is 286 g/mol. The Hall–Kier alpha value is -2.17. The molecule has 0 radical (unpaired) electrons. The minimum Gasteiger partial charge on any atom is -0.365 e. The lowest BCUT2D eigenvalue weighted by atomic mass is 9.95. The van der Waals surface area contributed by atoms with Gasteiger partial charge in [-0.15, -0.1) is 0 Å². The molecule has 0 saturated heterocycles. The van der Waals surface area contributed by atoms with Crippen LogP contribution >= 0.6 is 0 Å². The summed E-state index contributed by atoms with van der Waals surface area (Å²) in [5.74, 6) is 0.287. The molecule has 0 aliphatic heterocycles. The number of anilines is 3. The largest absolute Gasteiger partial charge is 0.365 e. The lowest BCUT2D eigenvalue weighted by Crippen LogP contribution is -2.23. The topological polar surface area (TPSA) is 49.8 Å². The third kappa shape index (κ3) is 3.68. The standard InChI is InChI=1S/C16H19FN4/c17-14-11-18-16(20-13-9-5-2-6-10-13)21-15(14)19-12-7-3-1-4-8-12/h2,5-6,9-12H,1,3-4,7-8H2,(H2,18,19,20,21). The van der Waals surface area contributed by atoms with E-state index in [1.807, 2.05) is 30.3 Å². The van der Waals surface area contributed by atoms with Crippen LogP contribution in [-0.2, 0) is 0 Å². The second kappa shape index (κ2) is 6.52. The van der Waals surface area contributed by atoms with Crippen molar-refractivity contribution in [3.05, 3.63) is 42.3 Å². The lowest BCUT2D eigenvalue weighted by Gasteiger charge is -2.23. The molecule has 5 heteroatoms. The van der Waals surface area contributed by atoms with Gasteiger partial charge in [0, 0.05) is 11.7 Å². The van der Waals surface area contributed by atoms with E-state index < -0.39 is 5.82 Å². The summed E-state index contributed by atoms with van der Waals surface area (Å²) in [5.41, 5.74) is 0.882. The van der Waals surface area contributed by atoms with Gasteiger partial charge >= 0.3 is 0 Å². The molecule has 1 fully saturated rings. The monoisotopic (exact) mass is 286 g/mol. The van der Waals surface area contributed by atoms with Crippen LogP contribution in [0.1, 0.15) is 32.1 Å². The molecular formula is C16H19FN4. The van der Waals surface area contributed by atoms with E-state index >= 15 is 0 Å². The van der Waals surface area contributed by atoms with Crippen LogP contribution in [0.4, 0.5) is 21.8 Å². The number of hydrogen-bond donors (Lipinski definition) is 2. The fourth-order valence-electron chi connectivity index (χ4n) is 2.62. The van der Waals surface area contributed by atoms with E-state index in [2.05, 4.69) is 20.6 Å². The average Bonchev–Trinajstić information content (AvgIpc) is 2.53. The van der Waals surface area contributed by atoms with Crippen LogP contribution in [0.3, 0.4) is 0 Å². The summed E-state index contributed by atoms with van der Waals surface area (Å²) >= 11 is 0. The molecule has 2 aromatic rings. The van der Waals surface area contributed by atoms with Crippen LogP contribution < -0.4 is 10.6 Å². The van der Waals surface area contributed by atoms with Gasteiger partial charge < -0.3 is 10.6 Å². The van der Waals surface area contributed by atoms with Gasteiger partial charge in [0.1, 0.15) is 0 Å². The number of para-hydroxylation sites is 1. The first-order valence-electron chi connectivity index (χ1n) is 7.42. The van der Waals surface area contributed by atoms with Crippen LogP contribution in [-0.4, -0.2) is 16.0 Å². The summed E-state index contributed by atoms with van der Waals surface area (Å²) in [4.78, 5) is 8.24. The Labute approximate surface area is 123 Å². The number of nitrogens with one attached hydrogen (secondary N) is 2. The van der Waals surface area contributed by atoms with Crippen molar-refractivity contribution in [1.82, 2.24) is 9.97 Å². The predicted molar refractivity (Wildman–Crippen MR) is 82.2 cm³/mol. The van der Waals surface area contributed by atoms with Crippen LogP contribution in [0.5, 0.6) is 0 Å². The van der Waals surface area contributed by atoms with Gasteiger partial charge in [-0.25, -0.2) is 9.37 Å². The Morgan fingerprint density at radius 3 is 2.57 bits per heavy atom. The van der Waals surface area contributed by atoms with Crippen molar-refractivity contribution >= 4 is 17.5 Å². The first-order chi connectivity index (χ1) is 10.3. The van der Waals surface area contributed by atoms with Crippen molar-refractivity contribution < 1.29 is 4.39 Å². The van der Waals surface area contributed by atoms with Gasteiger partial charge in [-0.05, 0) is 25.0 Å². The van der Waals surface area contributed by atoms with Gasteiger partial charge in [-0.1, -0.05) is 37.5 Å². The molecule has 0 spiro atoms. The van der Waals surface area contributed by atoms with E-state index in [-0.39, 0.29) is 5.82 Å². The smallest absolute Gasteiger partial charge is 0.229 e. The van der Waals surface area contributed by atoms with Crippen LogP contribution in [0.15, 0.2) is 36.5 Å². The molecule has 21 heavy (non-hydrogen) atoms. The molecule has 0 unspecified atom stereocenters. The lowest BCUT2D eigenvalue weighted by molar-refractivity contribution is 0.459. The molecule has 4 nitrogen and oxygen atoms in total. The van der Waals surface area contributed by atoms with Crippen molar-refractivity contribution in [1.29, 1.82) is 0 Å². The van der Waals surface area contributed by atoms with Crippen molar-refractivity contribution in [2.45, 2.75) is 38.1 Å². The zero-order valence-electron chi connectivity index (χ0n) is 11.8. The highest BCUT2D eigenvalue weighted by Gasteiger charge is 2.16. The molecule has 0 bridgehead atoms. The molecular weight excluding hydrogens is 267 g/mol. The molecule has 1 aliphatic rings. The molecule has 0 amide bonds. The number of nitrogens with zero attached hydrogens (tertiary/aromatic N) is 2. The van der Waals surface area contributed by atoms with Crippen LogP contribution in [0.25, 0.3) is 0 Å². The van der Waals surface area contributed by atoms with E-state index in [0.717, 1.165) is 18.5 Å². The summed E-state index contributed by atoms with van der Waals surface area (Å²) in [6.07, 6.45) is 7.02. The molecule has 1 heterocycles. The highest BCUT2D eigenvalue weighted by molar-refractivity contribution is 5.54. The van der Waals surface area contributed by atoms with Crippen LogP contribution in [0, 0.1) is 5.82 Å². The Kier molecular flexibility index (Phi) is 4.28. The summed E-state index contributed by atoms with van der Waals surface area (Å²) in [6, 6.07) is 9.93. The quantitative estimate of drug-likeness (QED) is 0.888. The summed E-state index contributed by atoms with van der Waals surface area (Å²) in [5, 5.41) is 6.29. The fourth-order valence-corrected chi connectivity index (χ4v) is 2.62. The van der Waals surface area contributed by atoms with Gasteiger partial charge in [-0.3, -0.25) is 0 Å². The zero-order valence-corrected chi connectivity index (χ0v) is 11.8. The summed E-state index contributed by atoms with van der Waals surface area (Å²) in [6.45, 7) is 0. The number of hydrogen-bond acceptors (Lipinski definition) is 4. The fraction of sp³-hybridized carbons (Fsp3) is 0.375. The summed E-state index contributed by atoms with van der Waals surface area (Å²) in [7, 11) is 0. The minimum absolute atomic E-state index is 0.287. The maximum atomic E-state index is 13.8. The van der Waals surface area contributed by atoms with E-state index in [1.54, 1.807) is 0 Å². The van der Waals surface area contributed by atoms with Gasteiger partial charge in [-0.2, -0.15) is 4.98 Å². The van der Waals surface area contributed by atoms with Gasteiger partial charge in [0.05, 0.1) is 6.20 Å². The van der Waals surface area contributed by atoms with Gasteiger partial charge in [0.2, 0.25) is 5.95 Å². The number of halogens is 1. The Balaban J connectivity index is 1.73. The van der Waals surface area contributed by atoms with Crippen molar-refractivity contribution in [3.63, 3.8) is 0 Å². The second-order valence-electron chi connectivity index (χ2n) is 5.36. The molecule has 3 rings (SSSR count). The third-order valence-corrected chi connectivity index (χ3v) is 3.72. The Morgan fingerprint density at radius 1 is 1.05 bits per heavy atom. The van der Waals surface area contributed by atoms with Crippen LogP contribution in [0.2, 0.25) is 0 Å². The van der Waals surface area contributed by atoms with E-state index in [9.17, 15) is 4.39 Å². The molecule has 1 aromatic carbocycles. The number of aromatic nitrogens is 2. The SMILES string of the molecule is Fc1cnc(Nc2ccccc2)nc1NC1CCCCC1. The van der Waals surface area contributed by atoms with Crippen molar-refractivity contribution in [2.75, 3.05) is 10.6 Å². The second-order valence-corrected chi connectivity index (χ2v) is 5.36.